The maximum absolute atomic E-state index is 5.11. The van der Waals surface area contributed by atoms with E-state index in [1.807, 2.05) is 24.3 Å². The summed E-state index contributed by atoms with van der Waals surface area (Å²) < 4.78 is 10.2. The van der Waals surface area contributed by atoms with E-state index < -0.39 is 0 Å². The van der Waals surface area contributed by atoms with E-state index in [9.17, 15) is 0 Å². The summed E-state index contributed by atoms with van der Waals surface area (Å²) in [7, 11) is 3.27. The highest BCUT2D eigenvalue weighted by Crippen LogP contribution is 2.22. The minimum Gasteiger partial charge on any atom is -0.497 e. The van der Waals surface area contributed by atoms with E-state index in [1.54, 1.807) is 20.4 Å². The van der Waals surface area contributed by atoms with Crippen molar-refractivity contribution in [1.29, 1.82) is 0 Å². The Bertz CT molecular complexity index is 411. The van der Waals surface area contributed by atoms with Gasteiger partial charge in [-0.1, -0.05) is 0 Å². The smallest absolute Gasteiger partial charge is 0.137 e. The van der Waals surface area contributed by atoms with Crippen molar-refractivity contribution in [3.05, 3.63) is 30.5 Å². The highest BCUT2D eigenvalue weighted by Gasteiger charge is 1.99. The van der Waals surface area contributed by atoms with Gasteiger partial charge in [-0.25, -0.2) is 0 Å². The van der Waals surface area contributed by atoms with Gasteiger partial charge in [0.2, 0.25) is 0 Å². The zero-order valence-electron chi connectivity index (χ0n) is 8.15. The van der Waals surface area contributed by atoms with Crippen LogP contribution in [0.4, 0.5) is 0 Å². The average Bonchev–Trinajstić information content (AvgIpc) is 2.27. The molecule has 0 saturated heterocycles. The lowest BCUT2D eigenvalue weighted by Crippen LogP contribution is -1.87. The monoisotopic (exact) mass is 189 g/mol. The van der Waals surface area contributed by atoms with Crippen molar-refractivity contribution in [3.8, 4) is 11.5 Å². The van der Waals surface area contributed by atoms with E-state index in [0.29, 0.717) is 0 Å². The van der Waals surface area contributed by atoms with Crippen LogP contribution in [0.2, 0.25) is 0 Å². The molecule has 0 fully saturated rings. The van der Waals surface area contributed by atoms with E-state index in [0.717, 1.165) is 22.4 Å². The molecule has 0 atom stereocenters. The second-order valence-electron chi connectivity index (χ2n) is 2.93. The van der Waals surface area contributed by atoms with Crippen LogP contribution in [0.5, 0.6) is 11.5 Å². The number of benzene rings is 1. The van der Waals surface area contributed by atoms with Crippen molar-refractivity contribution in [2.75, 3.05) is 14.2 Å². The standard InChI is InChI=1S/C11H11NO2/c1-13-9-4-3-8-5-10(14-2)7-12-11(8)6-9/h3-7H,1-2H3. The molecule has 1 heterocycles. The first-order valence-electron chi connectivity index (χ1n) is 4.31. The summed E-state index contributed by atoms with van der Waals surface area (Å²) in [6.45, 7) is 0. The first-order valence-corrected chi connectivity index (χ1v) is 4.31. The Hall–Kier alpha value is -1.77. The van der Waals surface area contributed by atoms with Crippen LogP contribution >= 0.6 is 0 Å². The fraction of sp³-hybridized carbons (Fsp3) is 0.182. The number of rotatable bonds is 2. The van der Waals surface area contributed by atoms with Crippen LogP contribution in [0, 0.1) is 0 Å². The van der Waals surface area contributed by atoms with Gasteiger partial charge in [-0.05, 0) is 18.2 Å². The molecule has 0 spiro atoms. The van der Waals surface area contributed by atoms with Crippen molar-refractivity contribution in [2.24, 2.45) is 0 Å². The third kappa shape index (κ3) is 1.48. The van der Waals surface area contributed by atoms with Crippen molar-refractivity contribution in [3.63, 3.8) is 0 Å². The molecule has 0 unspecified atom stereocenters. The molecule has 0 radical (unpaired) electrons. The lowest BCUT2D eigenvalue weighted by molar-refractivity contribution is 0.412. The van der Waals surface area contributed by atoms with Gasteiger partial charge in [-0.3, -0.25) is 4.98 Å². The summed E-state index contributed by atoms with van der Waals surface area (Å²) in [5.74, 6) is 1.58. The Morgan fingerprint density at radius 3 is 2.50 bits per heavy atom. The van der Waals surface area contributed by atoms with Crippen LogP contribution in [0.15, 0.2) is 30.5 Å². The molecule has 0 saturated carbocycles. The molecular weight excluding hydrogens is 178 g/mol. The summed E-state index contributed by atoms with van der Waals surface area (Å²) in [5, 5.41) is 1.05. The molecule has 2 rings (SSSR count). The van der Waals surface area contributed by atoms with Gasteiger partial charge in [-0.15, -0.1) is 0 Å². The minimum atomic E-state index is 0.766. The fourth-order valence-corrected chi connectivity index (χ4v) is 1.32. The summed E-state index contributed by atoms with van der Waals surface area (Å²) in [5.41, 5.74) is 0.908. The van der Waals surface area contributed by atoms with Crippen molar-refractivity contribution >= 4 is 10.9 Å². The molecule has 0 aliphatic heterocycles. The summed E-state index contributed by atoms with van der Waals surface area (Å²) in [4.78, 5) is 4.26. The quantitative estimate of drug-likeness (QED) is 0.726. The minimum absolute atomic E-state index is 0.766. The maximum atomic E-state index is 5.11. The van der Waals surface area contributed by atoms with Crippen LogP contribution in [0.3, 0.4) is 0 Å². The van der Waals surface area contributed by atoms with E-state index in [1.165, 1.54) is 0 Å². The molecule has 3 heteroatoms. The van der Waals surface area contributed by atoms with Crippen LogP contribution in [0.25, 0.3) is 10.9 Å². The number of hydrogen-bond donors (Lipinski definition) is 0. The van der Waals surface area contributed by atoms with Crippen LogP contribution in [-0.4, -0.2) is 19.2 Å². The molecule has 3 nitrogen and oxygen atoms in total. The second-order valence-corrected chi connectivity index (χ2v) is 2.93. The third-order valence-electron chi connectivity index (χ3n) is 2.10. The van der Waals surface area contributed by atoms with Crippen molar-refractivity contribution in [2.45, 2.75) is 0 Å². The molecule has 0 amide bonds. The molecule has 0 aliphatic carbocycles. The third-order valence-corrected chi connectivity index (χ3v) is 2.10. The summed E-state index contributed by atoms with van der Waals surface area (Å²) >= 11 is 0. The van der Waals surface area contributed by atoms with Crippen LogP contribution < -0.4 is 9.47 Å². The maximum Gasteiger partial charge on any atom is 0.137 e. The molecule has 72 valence electrons. The van der Waals surface area contributed by atoms with Crippen LogP contribution in [-0.2, 0) is 0 Å². The van der Waals surface area contributed by atoms with Gasteiger partial charge in [0.05, 0.1) is 25.9 Å². The highest BCUT2D eigenvalue weighted by molar-refractivity contribution is 5.81. The number of hydrogen-bond acceptors (Lipinski definition) is 3. The van der Waals surface area contributed by atoms with Gasteiger partial charge >= 0.3 is 0 Å². The Kier molecular flexibility index (Phi) is 2.23. The Morgan fingerprint density at radius 2 is 1.79 bits per heavy atom. The number of aromatic nitrogens is 1. The number of methoxy groups -OCH3 is 2. The van der Waals surface area contributed by atoms with Gasteiger partial charge < -0.3 is 9.47 Å². The van der Waals surface area contributed by atoms with E-state index in [2.05, 4.69) is 4.98 Å². The Balaban J connectivity index is 2.57. The first kappa shape index (κ1) is 8.81. The summed E-state index contributed by atoms with van der Waals surface area (Å²) in [6, 6.07) is 7.71. The number of nitrogens with zero attached hydrogens (tertiary/aromatic N) is 1. The fourth-order valence-electron chi connectivity index (χ4n) is 1.32. The van der Waals surface area contributed by atoms with Gasteiger partial charge in [0.15, 0.2) is 0 Å². The van der Waals surface area contributed by atoms with Gasteiger partial charge in [0, 0.05) is 11.5 Å². The van der Waals surface area contributed by atoms with E-state index in [4.69, 9.17) is 9.47 Å². The molecule has 0 N–H and O–H groups in total. The predicted molar refractivity (Wildman–Crippen MR) is 54.8 cm³/mol. The SMILES string of the molecule is COc1cnc2cc(OC)ccc2c1. The second kappa shape index (κ2) is 3.54. The lowest BCUT2D eigenvalue weighted by atomic mass is 10.2. The van der Waals surface area contributed by atoms with Gasteiger partial charge in [0.1, 0.15) is 11.5 Å². The molecular formula is C11H11NO2. The van der Waals surface area contributed by atoms with E-state index in [-0.39, 0.29) is 0 Å². The summed E-state index contributed by atoms with van der Waals surface area (Å²) in [6.07, 6.45) is 1.70. The first-order chi connectivity index (χ1) is 6.83. The normalized spacial score (nSPS) is 10.1. The Morgan fingerprint density at radius 1 is 1.00 bits per heavy atom. The van der Waals surface area contributed by atoms with Crippen LogP contribution in [0.1, 0.15) is 0 Å². The average molecular weight is 189 g/mol. The molecule has 0 bridgehead atoms. The molecule has 14 heavy (non-hydrogen) atoms. The molecule has 1 aromatic carbocycles. The van der Waals surface area contributed by atoms with Gasteiger partial charge in [-0.2, -0.15) is 0 Å². The van der Waals surface area contributed by atoms with E-state index >= 15 is 0 Å². The number of fused-ring (bicyclic) bond motifs is 1. The lowest BCUT2D eigenvalue weighted by Gasteiger charge is -2.03. The Labute approximate surface area is 82.3 Å². The van der Waals surface area contributed by atoms with Gasteiger partial charge in [0.25, 0.3) is 0 Å². The van der Waals surface area contributed by atoms with Crippen molar-refractivity contribution in [1.82, 2.24) is 4.98 Å². The number of pyridine rings is 1. The zero-order valence-corrected chi connectivity index (χ0v) is 8.15. The number of ether oxygens (including phenoxy) is 2. The largest absolute Gasteiger partial charge is 0.497 e. The molecule has 1 aromatic heterocycles. The molecule has 0 aliphatic rings. The molecule has 2 aromatic rings. The highest BCUT2D eigenvalue weighted by atomic mass is 16.5. The van der Waals surface area contributed by atoms with Crippen molar-refractivity contribution < 1.29 is 9.47 Å². The zero-order chi connectivity index (χ0) is 9.97. The predicted octanol–water partition coefficient (Wildman–Crippen LogP) is 2.25. The topological polar surface area (TPSA) is 31.4 Å².